The molecule has 154 valence electrons. The quantitative estimate of drug-likeness (QED) is 0.255. The summed E-state index contributed by atoms with van der Waals surface area (Å²) in [6.07, 6.45) is 29.9. The first-order valence-electron chi connectivity index (χ1n) is 10.0. The van der Waals surface area contributed by atoms with Crippen molar-refractivity contribution in [2.75, 3.05) is 12.3 Å². The molecule has 0 aromatic heterocycles. The molecule has 0 atom stereocenters. The van der Waals surface area contributed by atoms with Crippen LogP contribution in [0.25, 0.3) is 0 Å². The van der Waals surface area contributed by atoms with Gasteiger partial charge in [-0.15, -0.1) is 0 Å². The van der Waals surface area contributed by atoms with Crippen LogP contribution in [0, 0.1) is 123 Å². The first-order valence-corrected chi connectivity index (χ1v) is 13.1. The zero-order valence-electron chi connectivity index (χ0n) is 17.9. The van der Waals surface area contributed by atoms with E-state index in [-0.39, 0.29) is 50.0 Å². The number of hydrogen-bond acceptors (Lipinski definition) is 0. The van der Waals surface area contributed by atoms with Crippen molar-refractivity contribution >= 4 is 15.8 Å². The zero-order chi connectivity index (χ0) is 19.7. The van der Waals surface area contributed by atoms with Crippen molar-refractivity contribution in [2.24, 2.45) is 0 Å². The van der Waals surface area contributed by atoms with Crippen LogP contribution in [0.15, 0.2) is 0 Å². The van der Waals surface area contributed by atoms with E-state index >= 15 is 0 Å². The predicted molar refractivity (Wildman–Crippen MR) is 124 cm³/mol. The van der Waals surface area contributed by atoms with Crippen molar-refractivity contribution in [3.63, 3.8) is 0 Å². The third-order valence-corrected chi connectivity index (χ3v) is 11.8. The minimum absolute atomic E-state index is 0. The monoisotopic (exact) mass is 514 g/mol. The molecule has 0 N–H and O–H groups in total. The predicted octanol–water partition coefficient (Wildman–Crippen LogP) is 6.96. The zero-order valence-corrected chi connectivity index (χ0v) is 21.9. The van der Waals surface area contributed by atoms with E-state index in [4.69, 9.17) is 0 Å². The largest absolute Gasteiger partial charge is 2.00 e. The van der Waals surface area contributed by atoms with Crippen molar-refractivity contribution in [2.45, 2.75) is 27.7 Å². The summed E-state index contributed by atoms with van der Waals surface area (Å²) >= 11 is 0. The molecule has 0 spiro atoms. The van der Waals surface area contributed by atoms with Gasteiger partial charge < -0.3 is 0 Å². The van der Waals surface area contributed by atoms with E-state index in [0.717, 1.165) is 0 Å². The van der Waals surface area contributed by atoms with Crippen molar-refractivity contribution in [3.05, 3.63) is 123 Å². The molecule has 4 aliphatic rings. The molecular weight excluding hydrogens is 486 g/mol. The Bertz CT molecular complexity index is 417. The van der Waals surface area contributed by atoms with Crippen LogP contribution in [0.4, 0.5) is 0 Å². The normalized spacial score (nSPS) is 27.0. The average molecular weight is 514 g/mol. The standard InChI is InChI=1S/C26H28P2.2Fe/c1-19-9-5-13-23(19)27(24-14-6-10-20(24)2)17-18-28(25-15-7-11-21(25)3)26-16-8-12-22(26)4;;/h5-16H,17-18H2,1-4H3;;/q;2*+2. The van der Waals surface area contributed by atoms with Crippen LogP contribution in [0.2, 0.25) is 0 Å². The molecule has 0 nitrogen and oxygen atoms in total. The summed E-state index contributed by atoms with van der Waals surface area (Å²) in [7, 11) is -0.612. The second-order valence-corrected chi connectivity index (χ2v) is 12.2. The third kappa shape index (κ3) is 6.31. The maximum atomic E-state index is 2.36. The Balaban J connectivity index is 0.00000160. The van der Waals surface area contributed by atoms with Gasteiger partial charge >= 0.3 is 34.1 Å². The Morgan fingerprint density at radius 2 is 0.667 bits per heavy atom. The molecule has 0 heterocycles. The molecule has 0 aromatic carbocycles. The van der Waals surface area contributed by atoms with Gasteiger partial charge in [-0.3, -0.25) is 0 Å². The van der Waals surface area contributed by atoms with Gasteiger partial charge in [0.05, 0.1) is 0 Å². The molecule has 20 radical (unpaired) electrons. The van der Waals surface area contributed by atoms with Crippen molar-refractivity contribution in [1.82, 2.24) is 0 Å². The van der Waals surface area contributed by atoms with Crippen molar-refractivity contribution in [1.29, 1.82) is 0 Å². The van der Waals surface area contributed by atoms with Crippen molar-refractivity contribution in [3.8, 4) is 0 Å². The summed E-state index contributed by atoms with van der Waals surface area (Å²) in [5.74, 6) is 5.80. The summed E-state index contributed by atoms with van der Waals surface area (Å²) in [6, 6.07) is 0. The number of rotatable bonds is 7. The van der Waals surface area contributed by atoms with Crippen LogP contribution in [0.3, 0.4) is 0 Å². The maximum Gasteiger partial charge on any atom is 2.00 e. The fraction of sp³-hybridized carbons (Fsp3) is 0.231. The first-order chi connectivity index (χ1) is 13.6. The Morgan fingerprint density at radius 3 is 0.833 bits per heavy atom. The topological polar surface area (TPSA) is 0 Å². The minimum atomic E-state index is -0.306. The van der Waals surface area contributed by atoms with Gasteiger partial charge in [-0.1, -0.05) is 43.5 Å². The molecule has 0 amide bonds. The summed E-state index contributed by atoms with van der Waals surface area (Å²) < 4.78 is 0. The van der Waals surface area contributed by atoms with Crippen LogP contribution in [-0.4, -0.2) is 12.3 Å². The van der Waals surface area contributed by atoms with Gasteiger partial charge in [0.25, 0.3) is 0 Å². The molecule has 0 bridgehead atoms. The molecule has 30 heavy (non-hydrogen) atoms. The van der Waals surface area contributed by atoms with Crippen LogP contribution in [0.1, 0.15) is 27.7 Å². The van der Waals surface area contributed by atoms with E-state index in [9.17, 15) is 0 Å². The molecule has 0 aliphatic heterocycles. The fourth-order valence-corrected chi connectivity index (χ4v) is 10.3. The van der Waals surface area contributed by atoms with Crippen LogP contribution >= 0.6 is 15.8 Å². The van der Waals surface area contributed by atoms with Crippen LogP contribution in [0.5, 0.6) is 0 Å². The van der Waals surface area contributed by atoms with E-state index in [0.29, 0.717) is 0 Å². The molecule has 4 fully saturated rings. The second kappa shape index (κ2) is 13.1. The summed E-state index contributed by atoms with van der Waals surface area (Å²) in [5.41, 5.74) is 6.27. The van der Waals surface area contributed by atoms with Gasteiger partial charge in [0.15, 0.2) is 0 Å². The van der Waals surface area contributed by atoms with E-state index in [1.54, 1.807) is 22.6 Å². The fourth-order valence-electron chi connectivity index (χ4n) is 4.15. The molecule has 0 saturated heterocycles. The van der Waals surface area contributed by atoms with Crippen LogP contribution < -0.4 is 0 Å². The molecule has 4 heteroatoms. The average Bonchev–Trinajstić information content (AvgIpc) is 3.45. The van der Waals surface area contributed by atoms with Crippen molar-refractivity contribution < 1.29 is 34.1 Å². The second-order valence-electron chi connectivity index (χ2n) is 7.68. The first kappa shape index (κ1) is 28.1. The molecule has 4 rings (SSSR count). The number of hydrogen-bond donors (Lipinski definition) is 0. The van der Waals surface area contributed by atoms with Crippen LogP contribution in [-0.2, 0) is 34.1 Å². The summed E-state index contributed by atoms with van der Waals surface area (Å²) in [6.45, 7) is 9.09. The smallest absolute Gasteiger partial charge is 0.0899 e. The Morgan fingerprint density at radius 1 is 0.433 bits per heavy atom. The van der Waals surface area contributed by atoms with Gasteiger partial charge in [-0.05, 0) is 113 Å². The Labute approximate surface area is 212 Å². The van der Waals surface area contributed by atoms with Gasteiger partial charge in [0, 0.05) is 22.6 Å². The minimum Gasteiger partial charge on any atom is -0.0899 e. The molecule has 0 aromatic rings. The van der Waals surface area contributed by atoms with E-state index in [1.807, 2.05) is 0 Å². The van der Waals surface area contributed by atoms with Gasteiger partial charge in [0.2, 0.25) is 0 Å². The van der Waals surface area contributed by atoms with E-state index in [2.05, 4.69) is 105 Å². The molecule has 4 aliphatic carbocycles. The Hall–Kier alpha value is 1.90. The molecular formula is C26H28Fe2P2+4. The van der Waals surface area contributed by atoms with Gasteiger partial charge in [-0.2, -0.15) is 0 Å². The SMILES string of the molecule is C[C]1[CH][CH][CH][C]1P(CCP([C]1[CH][CH][CH][C]1C)[C]1[CH][CH][CH][C]1C)[C]1[CH][CH][CH][C]1C.[Fe+2].[Fe+2]. The molecule has 4 saturated carbocycles. The molecule has 0 unspecified atom stereocenters. The van der Waals surface area contributed by atoms with Gasteiger partial charge in [0.1, 0.15) is 0 Å². The summed E-state index contributed by atoms with van der Waals surface area (Å²) in [5, 5.41) is 0. The summed E-state index contributed by atoms with van der Waals surface area (Å²) in [4.78, 5) is 0. The van der Waals surface area contributed by atoms with Gasteiger partial charge in [-0.25, -0.2) is 0 Å². The maximum absolute atomic E-state index is 2.36. The van der Waals surface area contributed by atoms with E-state index < -0.39 is 0 Å². The third-order valence-electron chi connectivity index (χ3n) is 5.73. The Kier molecular flexibility index (Phi) is 12.3. The van der Waals surface area contributed by atoms with E-state index in [1.165, 1.54) is 36.0 Å².